The van der Waals surface area contributed by atoms with E-state index in [1.807, 2.05) is 0 Å². The van der Waals surface area contributed by atoms with Gasteiger partial charge < -0.3 is 15.7 Å². The van der Waals surface area contributed by atoms with E-state index in [0.29, 0.717) is 28.6 Å². The highest BCUT2D eigenvalue weighted by Crippen LogP contribution is 2.26. The van der Waals surface area contributed by atoms with E-state index in [1.54, 1.807) is 12.1 Å². The molecule has 3 N–H and O–H groups in total. The minimum Gasteiger partial charge on any atom is -0.387 e. The van der Waals surface area contributed by atoms with Gasteiger partial charge in [-0.2, -0.15) is 0 Å². The van der Waals surface area contributed by atoms with Crippen LogP contribution in [0.2, 0.25) is 10.0 Å². The van der Waals surface area contributed by atoms with E-state index in [4.69, 9.17) is 23.2 Å². The number of aliphatic hydroxyl groups is 1. The van der Waals surface area contributed by atoms with Crippen LogP contribution < -0.4 is 10.6 Å². The largest absolute Gasteiger partial charge is 0.387 e. The smallest absolute Gasteiger partial charge is 0.223 e. The lowest BCUT2D eigenvalue weighted by Gasteiger charge is -2.22. The predicted molar refractivity (Wildman–Crippen MR) is 80.2 cm³/mol. The molecular formula is C14H16Cl2N2O3. The number of hydrogen-bond acceptors (Lipinski definition) is 3. The van der Waals surface area contributed by atoms with Crippen molar-refractivity contribution in [2.75, 3.05) is 13.1 Å². The van der Waals surface area contributed by atoms with E-state index >= 15 is 0 Å². The van der Waals surface area contributed by atoms with Gasteiger partial charge in [0, 0.05) is 41.0 Å². The summed E-state index contributed by atoms with van der Waals surface area (Å²) in [6, 6.07) is 4.78. The summed E-state index contributed by atoms with van der Waals surface area (Å²) in [5.74, 6) is -0.691. The maximum absolute atomic E-state index is 12.0. The lowest BCUT2D eigenvalue weighted by molar-refractivity contribution is -0.132. The minimum absolute atomic E-state index is 0.0400. The van der Waals surface area contributed by atoms with Gasteiger partial charge in [0.15, 0.2) is 0 Å². The summed E-state index contributed by atoms with van der Waals surface area (Å²) < 4.78 is 0. The SMILES string of the molecule is O=C1CC(C(=O)NCC(O)c2ccc(Cl)cc2Cl)CCN1. The Kier molecular flexibility index (Phi) is 5.45. The Morgan fingerprint density at radius 2 is 2.24 bits per heavy atom. The molecule has 0 aliphatic carbocycles. The fraction of sp³-hybridized carbons (Fsp3) is 0.429. The summed E-state index contributed by atoms with van der Waals surface area (Å²) in [5, 5.41) is 16.2. The second kappa shape index (κ2) is 7.11. The molecule has 1 fully saturated rings. The highest BCUT2D eigenvalue weighted by atomic mass is 35.5. The van der Waals surface area contributed by atoms with Gasteiger partial charge in [0.1, 0.15) is 0 Å². The molecule has 1 aromatic rings. The highest BCUT2D eigenvalue weighted by molar-refractivity contribution is 6.35. The molecule has 1 aromatic carbocycles. The monoisotopic (exact) mass is 330 g/mol. The lowest BCUT2D eigenvalue weighted by Crippen LogP contribution is -2.42. The van der Waals surface area contributed by atoms with Crippen LogP contribution in [0.1, 0.15) is 24.5 Å². The molecule has 0 aromatic heterocycles. The van der Waals surface area contributed by atoms with Crippen molar-refractivity contribution in [2.24, 2.45) is 5.92 Å². The average Bonchev–Trinajstić information content (AvgIpc) is 2.44. The van der Waals surface area contributed by atoms with Gasteiger partial charge in [0.05, 0.1) is 6.10 Å². The van der Waals surface area contributed by atoms with Crippen LogP contribution in [0, 0.1) is 5.92 Å². The van der Waals surface area contributed by atoms with Crippen molar-refractivity contribution in [1.82, 2.24) is 10.6 Å². The molecule has 21 heavy (non-hydrogen) atoms. The van der Waals surface area contributed by atoms with E-state index in [9.17, 15) is 14.7 Å². The summed E-state index contributed by atoms with van der Waals surface area (Å²) in [5.41, 5.74) is 0.503. The van der Waals surface area contributed by atoms with E-state index < -0.39 is 6.10 Å². The van der Waals surface area contributed by atoms with E-state index in [-0.39, 0.29) is 30.7 Å². The van der Waals surface area contributed by atoms with Crippen LogP contribution >= 0.6 is 23.2 Å². The molecule has 2 atom stereocenters. The van der Waals surface area contributed by atoms with Crippen LogP contribution in [0.15, 0.2) is 18.2 Å². The molecule has 2 unspecified atom stereocenters. The maximum Gasteiger partial charge on any atom is 0.223 e. The van der Waals surface area contributed by atoms with Crippen LogP contribution in [0.5, 0.6) is 0 Å². The van der Waals surface area contributed by atoms with Gasteiger partial charge in [0.25, 0.3) is 0 Å². The standard InChI is InChI=1S/C14H16Cl2N2O3/c15-9-1-2-10(11(16)6-9)12(19)7-18-14(21)8-3-4-17-13(20)5-8/h1-2,6,8,12,19H,3-5,7H2,(H,17,20)(H,18,21). The van der Waals surface area contributed by atoms with E-state index in [2.05, 4.69) is 10.6 Å². The van der Waals surface area contributed by atoms with Crippen molar-refractivity contribution in [2.45, 2.75) is 18.9 Å². The topological polar surface area (TPSA) is 78.4 Å². The zero-order valence-corrected chi connectivity index (χ0v) is 12.7. The molecule has 1 saturated heterocycles. The quantitative estimate of drug-likeness (QED) is 0.785. The predicted octanol–water partition coefficient (Wildman–Crippen LogP) is 1.67. The second-order valence-electron chi connectivity index (χ2n) is 4.97. The summed E-state index contributed by atoms with van der Waals surface area (Å²) in [6.07, 6.45) is -0.130. The van der Waals surface area contributed by atoms with Crippen molar-refractivity contribution in [3.8, 4) is 0 Å². The zero-order valence-electron chi connectivity index (χ0n) is 11.2. The summed E-state index contributed by atoms with van der Waals surface area (Å²) in [6.45, 7) is 0.542. The van der Waals surface area contributed by atoms with Gasteiger partial charge in [0.2, 0.25) is 11.8 Å². The Hall–Kier alpha value is -1.30. The third-order valence-corrected chi connectivity index (χ3v) is 3.97. The molecule has 0 saturated carbocycles. The van der Waals surface area contributed by atoms with Crippen LogP contribution in [-0.4, -0.2) is 30.0 Å². The zero-order chi connectivity index (χ0) is 15.4. The van der Waals surface area contributed by atoms with Crippen molar-refractivity contribution in [3.63, 3.8) is 0 Å². The van der Waals surface area contributed by atoms with Gasteiger partial charge in [-0.1, -0.05) is 29.3 Å². The number of hydrogen-bond donors (Lipinski definition) is 3. The summed E-state index contributed by atoms with van der Waals surface area (Å²) in [7, 11) is 0. The van der Waals surface area contributed by atoms with Gasteiger partial charge in [-0.25, -0.2) is 0 Å². The number of halogens is 2. The molecule has 114 valence electrons. The first-order valence-corrected chi connectivity index (χ1v) is 7.40. The van der Waals surface area contributed by atoms with Gasteiger partial charge >= 0.3 is 0 Å². The fourth-order valence-electron chi connectivity index (χ4n) is 2.23. The van der Waals surface area contributed by atoms with Crippen molar-refractivity contribution in [1.29, 1.82) is 0 Å². The number of piperidine rings is 1. The number of amides is 2. The Morgan fingerprint density at radius 1 is 1.48 bits per heavy atom. The summed E-state index contributed by atoms with van der Waals surface area (Å²) in [4.78, 5) is 23.2. The van der Waals surface area contributed by atoms with Crippen LogP contribution in [0.25, 0.3) is 0 Å². The molecule has 0 bridgehead atoms. The number of rotatable bonds is 4. The van der Waals surface area contributed by atoms with E-state index in [0.717, 1.165) is 0 Å². The average molecular weight is 331 g/mol. The molecule has 1 aliphatic heterocycles. The highest BCUT2D eigenvalue weighted by Gasteiger charge is 2.25. The second-order valence-corrected chi connectivity index (χ2v) is 5.81. The Balaban J connectivity index is 1.89. The molecule has 0 spiro atoms. The van der Waals surface area contributed by atoms with Gasteiger partial charge in [-0.15, -0.1) is 0 Å². The van der Waals surface area contributed by atoms with Gasteiger partial charge in [-0.05, 0) is 18.6 Å². The minimum atomic E-state index is -0.920. The number of nitrogens with one attached hydrogen (secondary N) is 2. The van der Waals surface area contributed by atoms with Crippen molar-refractivity contribution < 1.29 is 14.7 Å². The third kappa shape index (κ3) is 4.33. The lowest BCUT2D eigenvalue weighted by atomic mass is 9.96. The first kappa shape index (κ1) is 16.1. The number of carbonyl (C=O) groups is 2. The van der Waals surface area contributed by atoms with Crippen LogP contribution in [-0.2, 0) is 9.59 Å². The number of carbonyl (C=O) groups excluding carboxylic acids is 2. The first-order chi connectivity index (χ1) is 9.97. The maximum atomic E-state index is 12.0. The molecule has 5 nitrogen and oxygen atoms in total. The molecule has 2 amide bonds. The number of aliphatic hydroxyl groups excluding tert-OH is 1. The molecule has 1 heterocycles. The Labute approximate surface area is 132 Å². The molecule has 7 heteroatoms. The first-order valence-electron chi connectivity index (χ1n) is 6.65. The molecular weight excluding hydrogens is 315 g/mol. The molecule has 2 rings (SSSR count). The molecule has 1 aliphatic rings. The third-order valence-electron chi connectivity index (χ3n) is 3.41. The van der Waals surface area contributed by atoms with Crippen LogP contribution in [0.3, 0.4) is 0 Å². The van der Waals surface area contributed by atoms with Crippen LogP contribution in [0.4, 0.5) is 0 Å². The Morgan fingerprint density at radius 3 is 2.90 bits per heavy atom. The fourth-order valence-corrected chi connectivity index (χ4v) is 2.77. The molecule has 0 radical (unpaired) electrons. The Bertz CT molecular complexity index is 551. The number of benzene rings is 1. The van der Waals surface area contributed by atoms with Crippen molar-refractivity contribution >= 4 is 35.0 Å². The summed E-state index contributed by atoms with van der Waals surface area (Å²) >= 11 is 11.8. The van der Waals surface area contributed by atoms with Gasteiger partial charge in [-0.3, -0.25) is 9.59 Å². The normalized spacial score (nSPS) is 19.8. The van der Waals surface area contributed by atoms with Crippen molar-refractivity contribution in [3.05, 3.63) is 33.8 Å². The van der Waals surface area contributed by atoms with E-state index in [1.165, 1.54) is 6.07 Å².